The average Bonchev–Trinajstić information content (AvgIpc) is 2.41. The van der Waals surface area contributed by atoms with Gasteiger partial charge in [0.15, 0.2) is 0 Å². The number of hydrogen-bond donors (Lipinski definition) is 1. The second-order valence-electron chi connectivity index (χ2n) is 6.87. The van der Waals surface area contributed by atoms with Crippen molar-refractivity contribution in [3.63, 3.8) is 0 Å². The van der Waals surface area contributed by atoms with E-state index >= 15 is 0 Å². The number of benzene rings is 1. The van der Waals surface area contributed by atoms with Crippen LogP contribution in [0.5, 0.6) is 0 Å². The molecule has 2 heterocycles. The Morgan fingerprint density at radius 2 is 1.85 bits per heavy atom. The molecule has 1 spiro atoms. The lowest BCUT2D eigenvalue weighted by Crippen LogP contribution is -2.51. The van der Waals surface area contributed by atoms with Crippen molar-refractivity contribution in [3.05, 3.63) is 35.9 Å². The third kappa shape index (κ3) is 2.91. The van der Waals surface area contributed by atoms with Crippen LogP contribution in [0.15, 0.2) is 30.3 Å². The molecule has 2 heteroatoms. The predicted molar refractivity (Wildman–Crippen MR) is 82.8 cm³/mol. The molecule has 20 heavy (non-hydrogen) atoms. The summed E-state index contributed by atoms with van der Waals surface area (Å²) in [5.41, 5.74) is 1.96. The first-order valence-corrected chi connectivity index (χ1v) is 8.08. The molecule has 1 aromatic carbocycles. The molecule has 0 amide bonds. The number of rotatable bonds is 2. The highest BCUT2D eigenvalue weighted by molar-refractivity contribution is 5.16. The van der Waals surface area contributed by atoms with Crippen molar-refractivity contribution in [1.29, 1.82) is 0 Å². The van der Waals surface area contributed by atoms with Gasteiger partial charge in [-0.3, -0.25) is 0 Å². The topological polar surface area (TPSA) is 21.3 Å². The van der Waals surface area contributed by atoms with Crippen molar-refractivity contribution < 1.29 is 4.74 Å². The van der Waals surface area contributed by atoms with E-state index < -0.39 is 0 Å². The molecule has 1 N–H and O–H groups in total. The third-order valence-electron chi connectivity index (χ3n) is 5.23. The molecule has 2 fully saturated rings. The number of ether oxygens (including phenoxy) is 1. The monoisotopic (exact) mass is 273 g/mol. The fourth-order valence-electron chi connectivity index (χ4n) is 4.48. The minimum Gasteiger partial charge on any atom is -0.376 e. The molecule has 3 atom stereocenters. The van der Waals surface area contributed by atoms with Crippen molar-refractivity contribution in [1.82, 2.24) is 5.32 Å². The molecule has 2 saturated heterocycles. The highest BCUT2D eigenvalue weighted by atomic mass is 16.5. The van der Waals surface area contributed by atoms with Gasteiger partial charge in [0.25, 0.3) is 0 Å². The van der Waals surface area contributed by atoms with Crippen LogP contribution in [-0.4, -0.2) is 25.3 Å². The fourth-order valence-corrected chi connectivity index (χ4v) is 4.48. The van der Waals surface area contributed by atoms with Gasteiger partial charge in [0.2, 0.25) is 0 Å². The van der Waals surface area contributed by atoms with Gasteiger partial charge in [0.1, 0.15) is 0 Å². The summed E-state index contributed by atoms with van der Waals surface area (Å²) in [6, 6.07) is 11.0. The Balaban J connectivity index is 1.79. The molecular formula is C18H27NO. The van der Waals surface area contributed by atoms with E-state index in [1.807, 2.05) is 0 Å². The van der Waals surface area contributed by atoms with Crippen LogP contribution in [0, 0.1) is 11.3 Å². The van der Waals surface area contributed by atoms with E-state index in [0.29, 0.717) is 17.6 Å². The van der Waals surface area contributed by atoms with E-state index in [1.165, 1.54) is 37.8 Å². The molecule has 0 radical (unpaired) electrons. The molecule has 0 aliphatic carbocycles. The number of hydrogen-bond acceptors (Lipinski definition) is 2. The SMILES string of the molecule is CC1CC2(CCNCC2Cc2ccccc2)CC(C)O1. The van der Waals surface area contributed by atoms with Gasteiger partial charge in [-0.15, -0.1) is 0 Å². The summed E-state index contributed by atoms with van der Waals surface area (Å²) in [6.45, 7) is 6.83. The minimum absolute atomic E-state index is 0.412. The smallest absolute Gasteiger partial charge is 0.0556 e. The molecule has 3 unspecified atom stereocenters. The highest BCUT2D eigenvalue weighted by Crippen LogP contribution is 2.47. The van der Waals surface area contributed by atoms with E-state index in [9.17, 15) is 0 Å². The summed E-state index contributed by atoms with van der Waals surface area (Å²) in [6.07, 6.45) is 5.80. The second kappa shape index (κ2) is 5.87. The maximum absolute atomic E-state index is 5.99. The average molecular weight is 273 g/mol. The fraction of sp³-hybridized carbons (Fsp3) is 0.667. The summed E-state index contributed by atoms with van der Waals surface area (Å²) >= 11 is 0. The van der Waals surface area contributed by atoms with Crippen LogP contribution in [-0.2, 0) is 11.2 Å². The molecule has 2 aliphatic heterocycles. The van der Waals surface area contributed by atoms with Gasteiger partial charge >= 0.3 is 0 Å². The lowest BCUT2D eigenvalue weighted by atomic mass is 9.62. The van der Waals surface area contributed by atoms with E-state index in [0.717, 1.165) is 12.5 Å². The largest absolute Gasteiger partial charge is 0.376 e. The summed E-state index contributed by atoms with van der Waals surface area (Å²) < 4.78 is 5.99. The maximum Gasteiger partial charge on any atom is 0.0556 e. The van der Waals surface area contributed by atoms with Crippen molar-refractivity contribution in [3.8, 4) is 0 Å². The van der Waals surface area contributed by atoms with Crippen LogP contribution in [0.25, 0.3) is 0 Å². The first-order chi connectivity index (χ1) is 9.68. The second-order valence-corrected chi connectivity index (χ2v) is 6.87. The normalized spacial score (nSPS) is 38.0. The predicted octanol–water partition coefficient (Wildman–Crippen LogP) is 3.41. The maximum atomic E-state index is 5.99. The number of nitrogens with one attached hydrogen (secondary N) is 1. The van der Waals surface area contributed by atoms with Gasteiger partial charge < -0.3 is 10.1 Å². The van der Waals surface area contributed by atoms with Crippen molar-refractivity contribution >= 4 is 0 Å². The zero-order valence-electron chi connectivity index (χ0n) is 12.8. The first-order valence-electron chi connectivity index (χ1n) is 8.08. The Morgan fingerprint density at radius 3 is 2.55 bits per heavy atom. The van der Waals surface area contributed by atoms with Crippen LogP contribution in [0.3, 0.4) is 0 Å². The van der Waals surface area contributed by atoms with Gasteiger partial charge in [-0.2, -0.15) is 0 Å². The van der Waals surface area contributed by atoms with Crippen molar-refractivity contribution in [2.24, 2.45) is 11.3 Å². The molecule has 1 aromatic rings. The van der Waals surface area contributed by atoms with E-state index in [-0.39, 0.29) is 0 Å². The van der Waals surface area contributed by atoms with Crippen LogP contribution in [0.4, 0.5) is 0 Å². The van der Waals surface area contributed by atoms with Gasteiger partial charge in [0.05, 0.1) is 12.2 Å². The Morgan fingerprint density at radius 1 is 1.15 bits per heavy atom. The molecule has 0 saturated carbocycles. The molecule has 3 rings (SSSR count). The first kappa shape index (κ1) is 14.1. The summed E-state index contributed by atoms with van der Waals surface area (Å²) in [5, 5.41) is 3.62. The Hall–Kier alpha value is -0.860. The Kier molecular flexibility index (Phi) is 4.13. The van der Waals surface area contributed by atoms with Crippen LogP contribution in [0.1, 0.15) is 38.7 Å². The molecule has 110 valence electrons. The molecule has 0 bridgehead atoms. The van der Waals surface area contributed by atoms with Gasteiger partial charge in [0, 0.05) is 0 Å². The van der Waals surface area contributed by atoms with Crippen LogP contribution < -0.4 is 5.32 Å². The Labute approximate surface area is 122 Å². The quantitative estimate of drug-likeness (QED) is 0.891. The van der Waals surface area contributed by atoms with Crippen molar-refractivity contribution in [2.75, 3.05) is 13.1 Å². The van der Waals surface area contributed by atoms with Crippen LogP contribution in [0.2, 0.25) is 0 Å². The molecule has 0 aromatic heterocycles. The van der Waals surface area contributed by atoms with E-state index in [4.69, 9.17) is 4.74 Å². The molecule has 2 nitrogen and oxygen atoms in total. The van der Waals surface area contributed by atoms with Gasteiger partial charge in [-0.05, 0) is 69.5 Å². The minimum atomic E-state index is 0.412. The Bertz CT molecular complexity index is 420. The highest BCUT2D eigenvalue weighted by Gasteiger charge is 2.45. The molecular weight excluding hydrogens is 246 g/mol. The third-order valence-corrected chi connectivity index (χ3v) is 5.23. The lowest BCUT2D eigenvalue weighted by molar-refractivity contribution is -0.115. The van der Waals surface area contributed by atoms with Gasteiger partial charge in [-0.1, -0.05) is 30.3 Å². The zero-order valence-corrected chi connectivity index (χ0v) is 12.8. The van der Waals surface area contributed by atoms with E-state index in [2.05, 4.69) is 49.5 Å². The summed E-state index contributed by atoms with van der Waals surface area (Å²) in [4.78, 5) is 0. The number of piperidine rings is 1. The van der Waals surface area contributed by atoms with Crippen molar-refractivity contribution in [2.45, 2.75) is 51.7 Å². The zero-order chi connectivity index (χ0) is 14.0. The summed E-state index contributed by atoms with van der Waals surface area (Å²) in [5.74, 6) is 0.743. The van der Waals surface area contributed by atoms with E-state index in [1.54, 1.807) is 0 Å². The molecule has 2 aliphatic rings. The summed E-state index contributed by atoms with van der Waals surface area (Å²) in [7, 11) is 0. The van der Waals surface area contributed by atoms with Crippen LogP contribution >= 0.6 is 0 Å². The lowest BCUT2D eigenvalue weighted by Gasteiger charge is -2.50. The standard InChI is InChI=1S/C18H27NO/c1-14-11-18(12-15(2)20-14)8-9-19-13-17(18)10-16-6-4-3-5-7-16/h3-7,14-15,17,19H,8-13H2,1-2H3. The van der Waals surface area contributed by atoms with Gasteiger partial charge in [-0.25, -0.2) is 0 Å².